The van der Waals surface area contributed by atoms with E-state index in [1.165, 1.54) is 36.6 Å². The molecule has 16 N–H and O–H groups in total. The molecule has 5 aliphatic heterocycles. The van der Waals surface area contributed by atoms with Crippen LogP contribution in [0.1, 0.15) is 135 Å². The van der Waals surface area contributed by atoms with Gasteiger partial charge in [0, 0.05) is 45.6 Å². The fourth-order valence-electron chi connectivity index (χ4n) is 13.9. The van der Waals surface area contributed by atoms with Crippen LogP contribution in [0.3, 0.4) is 0 Å². The maximum atomic E-state index is 14.7. The van der Waals surface area contributed by atoms with Gasteiger partial charge in [-0.15, -0.1) is 0 Å². The third kappa shape index (κ3) is 21.2. The predicted molar refractivity (Wildman–Crippen MR) is 364 cm³/mol. The van der Waals surface area contributed by atoms with E-state index in [2.05, 4.69) is 37.2 Å². The highest BCUT2D eigenvalue weighted by Gasteiger charge is 2.46. The topological polar surface area (TPSA) is 495 Å². The Morgan fingerprint density at radius 1 is 0.500 bits per heavy atom. The van der Waals surface area contributed by atoms with Crippen LogP contribution in [0, 0.1) is 11.8 Å². The van der Waals surface area contributed by atoms with Crippen LogP contribution in [-0.4, -0.2) is 247 Å². The van der Waals surface area contributed by atoms with E-state index in [4.69, 9.17) is 17.2 Å². The van der Waals surface area contributed by atoms with Crippen molar-refractivity contribution in [3.63, 3.8) is 0 Å². The first-order valence-corrected chi connectivity index (χ1v) is 35.1. The van der Waals surface area contributed by atoms with Gasteiger partial charge in [0.05, 0.1) is 25.6 Å². The fraction of sp³-hybridized carbons (Fsp3) is 0.609. The highest BCUT2D eigenvalue weighted by Crippen LogP contribution is 2.27. The van der Waals surface area contributed by atoms with Crippen LogP contribution in [0.15, 0.2) is 54.6 Å². The van der Waals surface area contributed by atoms with Crippen LogP contribution in [-0.2, 0) is 84.8 Å². The van der Waals surface area contributed by atoms with Crippen molar-refractivity contribution in [2.75, 3.05) is 45.9 Å². The third-order valence-corrected chi connectivity index (χ3v) is 19.5. The number of carboxylic acids is 1. The van der Waals surface area contributed by atoms with E-state index in [-0.39, 0.29) is 102 Å². The number of aromatic hydroxyl groups is 1. The number of aliphatic carboxylic acids is 1. The van der Waals surface area contributed by atoms with Gasteiger partial charge in [-0.2, -0.15) is 0 Å². The summed E-state index contributed by atoms with van der Waals surface area (Å²) in [6.07, 6.45) is 2.04. The number of carbonyl (C=O) groups excluding carboxylic acids is 14. The lowest BCUT2D eigenvalue weighted by Gasteiger charge is -2.33. The normalized spacial score (nSPS) is 21.1. The van der Waals surface area contributed by atoms with Crippen LogP contribution in [0.25, 0.3) is 0 Å². The van der Waals surface area contributed by atoms with Crippen LogP contribution in [0.5, 0.6) is 5.75 Å². The molecule has 0 radical (unpaired) electrons. The number of aliphatic hydroxyl groups excluding tert-OH is 1. The van der Waals surface area contributed by atoms with Gasteiger partial charge in [0.25, 0.3) is 0 Å². The summed E-state index contributed by atoms with van der Waals surface area (Å²) in [5.74, 6) is -12.8. The number of nitrogens with one attached hydrogen (secondary N) is 7. The van der Waals surface area contributed by atoms with E-state index in [1.54, 1.807) is 70.2 Å². The predicted octanol–water partition coefficient (Wildman–Crippen LogP) is -3.21. The fourth-order valence-corrected chi connectivity index (χ4v) is 13.9. The number of likely N-dealkylation sites (tertiary alicyclic amines) is 5. The Bertz CT molecular complexity index is 3400. The van der Waals surface area contributed by atoms with Gasteiger partial charge >= 0.3 is 5.97 Å². The van der Waals surface area contributed by atoms with Gasteiger partial charge in [0.15, 0.2) is 0 Å². The lowest BCUT2D eigenvalue weighted by Crippen LogP contribution is -2.61. The first kappa shape index (κ1) is 79.5. The zero-order valence-corrected chi connectivity index (χ0v) is 58.2. The van der Waals surface area contributed by atoms with Crippen molar-refractivity contribution in [2.45, 2.75) is 209 Å². The Balaban J connectivity index is 0.946. The average molecular weight is 1430 g/mol. The Kier molecular flexibility index (Phi) is 29.0. The maximum absolute atomic E-state index is 14.7. The number of aliphatic hydroxyl groups is 1. The minimum absolute atomic E-state index is 0.00482. The molecule has 13 unspecified atom stereocenters. The Hall–Kier alpha value is -9.79. The SMILES string of the molecule is CCC(C)C(NC(=O)C1CCCN1C(=O)CNC(=O)C1CCCN1C(=O)C(Cc1ccccc1)NC(=O)C1CCCN1C(=O)C(N)Cc1ccc(O)cc1)C(=O)N1CCCC1C(=O)NC(CC(N)=O)C(=O)NC(CO)C(=O)NC(CC(C)C)C(=O)N1CCCC1C(=O)NC(CCC(N)=O)C(=O)O. The largest absolute Gasteiger partial charge is 0.508 e. The first-order chi connectivity index (χ1) is 48.5. The van der Waals surface area contributed by atoms with Gasteiger partial charge in [0.1, 0.15) is 72.2 Å². The number of hydrogen-bond donors (Lipinski definition) is 13. The van der Waals surface area contributed by atoms with Crippen LogP contribution >= 0.6 is 0 Å². The molecule has 14 amide bonds. The summed E-state index contributed by atoms with van der Waals surface area (Å²) in [5, 5.41) is 47.8. The second kappa shape index (κ2) is 37.2. The number of hydrogen-bond acceptors (Lipinski definition) is 18. The number of rotatable bonds is 34. The molecule has 33 nitrogen and oxygen atoms in total. The van der Waals surface area contributed by atoms with E-state index in [0.717, 1.165) is 0 Å². The molecule has 2 aromatic carbocycles. The molecule has 0 aromatic heterocycles. The molecular weight excluding hydrogens is 1330 g/mol. The van der Waals surface area contributed by atoms with E-state index in [9.17, 15) is 87.2 Å². The van der Waals surface area contributed by atoms with Crippen molar-refractivity contribution in [1.82, 2.24) is 61.7 Å². The summed E-state index contributed by atoms with van der Waals surface area (Å²) in [5.41, 5.74) is 18.5. The molecule has 7 rings (SSSR count). The second-order valence-electron chi connectivity index (χ2n) is 27.4. The van der Waals surface area contributed by atoms with Crippen LogP contribution in [0.4, 0.5) is 0 Å². The van der Waals surface area contributed by atoms with Gasteiger partial charge in [0.2, 0.25) is 82.7 Å². The first-order valence-electron chi connectivity index (χ1n) is 35.1. The summed E-state index contributed by atoms with van der Waals surface area (Å²) in [7, 11) is 0. The lowest BCUT2D eigenvalue weighted by molar-refractivity contribution is -0.145. The highest BCUT2D eigenvalue weighted by atomic mass is 16.4. The van der Waals surface area contributed by atoms with Gasteiger partial charge in [-0.3, -0.25) is 67.1 Å². The number of amides is 14. The maximum Gasteiger partial charge on any atom is 0.326 e. The number of carboxylic acid groups (broad SMARTS) is 1. The molecule has 13 atom stereocenters. The number of benzene rings is 2. The van der Waals surface area contributed by atoms with Crippen molar-refractivity contribution < 1.29 is 87.2 Å². The summed E-state index contributed by atoms with van der Waals surface area (Å²) in [4.78, 5) is 212. The van der Waals surface area contributed by atoms with Gasteiger partial charge < -0.3 is 94.2 Å². The molecule has 5 fully saturated rings. The summed E-state index contributed by atoms with van der Waals surface area (Å²) >= 11 is 0. The van der Waals surface area contributed by atoms with E-state index in [0.29, 0.717) is 56.1 Å². The lowest BCUT2D eigenvalue weighted by atomic mass is 9.96. The van der Waals surface area contributed by atoms with Crippen LogP contribution < -0.4 is 54.4 Å². The Labute approximate surface area is 591 Å². The molecule has 2 aromatic rings. The Morgan fingerprint density at radius 3 is 1.44 bits per heavy atom. The smallest absolute Gasteiger partial charge is 0.326 e. The van der Waals surface area contributed by atoms with E-state index < -0.39 is 187 Å². The quantitative estimate of drug-likeness (QED) is 0.0328. The van der Waals surface area contributed by atoms with Gasteiger partial charge in [-0.05, 0) is 119 Å². The van der Waals surface area contributed by atoms with Gasteiger partial charge in [-0.1, -0.05) is 76.6 Å². The van der Waals surface area contributed by atoms with Gasteiger partial charge in [-0.25, -0.2) is 4.79 Å². The molecule has 0 saturated carbocycles. The number of phenols is 1. The van der Waals surface area contributed by atoms with Crippen molar-refractivity contribution in [2.24, 2.45) is 29.0 Å². The zero-order chi connectivity index (χ0) is 74.6. The van der Waals surface area contributed by atoms with Crippen molar-refractivity contribution in [3.8, 4) is 5.75 Å². The molecule has 102 heavy (non-hydrogen) atoms. The number of nitrogens with two attached hydrogens (primary N) is 3. The van der Waals surface area contributed by atoms with E-state index >= 15 is 0 Å². The standard InChI is InChI=1S/C69H99N15O18/c1-5-39(4)57(68(100)84-31-13-20-53(84)62(94)75-45(35-55(72)88)58(90)78-48(37-85)59(91)76-46(32-38(2)3)66(98)83-30-12-19-52(83)61(93)74-44(69(101)102)25-26-54(71)87)79-64(96)50-17-9-27-80(50)56(89)36-73-60(92)49-16-10-29-82(49)67(99)47(34-40-14-7-6-8-15-40)77-63(95)51-18-11-28-81(51)65(97)43(70)33-41-21-23-42(86)24-22-41/h6-8,14-15,21-24,38-39,43-53,57,85-86H,5,9-13,16-20,25-37,70H2,1-4H3,(H2,71,87)(H2,72,88)(H,73,92)(H,74,93)(H,75,94)(H,76,91)(H,77,95)(H,78,90)(H,79,96)(H,101,102). The summed E-state index contributed by atoms with van der Waals surface area (Å²) < 4.78 is 0. The average Bonchev–Trinajstić information content (AvgIpc) is 1.63. The molecule has 0 aliphatic carbocycles. The molecule has 33 heteroatoms. The molecule has 558 valence electrons. The second-order valence-corrected chi connectivity index (χ2v) is 27.4. The molecular formula is C69H99N15O18. The van der Waals surface area contributed by atoms with E-state index in [1.807, 2.05) is 0 Å². The highest BCUT2D eigenvalue weighted by molar-refractivity contribution is 6.01. The van der Waals surface area contributed by atoms with Crippen molar-refractivity contribution in [3.05, 3.63) is 65.7 Å². The molecule has 5 heterocycles. The number of carbonyl (C=O) groups is 15. The van der Waals surface area contributed by atoms with Crippen LogP contribution in [0.2, 0.25) is 0 Å². The summed E-state index contributed by atoms with van der Waals surface area (Å²) in [6, 6.07) is -0.00320. The minimum atomic E-state index is -1.79. The number of nitrogens with zero attached hydrogens (tertiary/aromatic N) is 5. The molecule has 5 aliphatic rings. The zero-order valence-electron chi connectivity index (χ0n) is 58.2. The monoisotopic (exact) mass is 1430 g/mol. The number of phenolic OH excluding ortho intramolecular Hbond substituents is 1. The third-order valence-electron chi connectivity index (χ3n) is 19.5. The van der Waals surface area contributed by atoms with Crippen molar-refractivity contribution in [1.29, 1.82) is 0 Å². The molecule has 5 saturated heterocycles. The minimum Gasteiger partial charge on any atom is -0.508 e. The number of primary amides is 2. The molecule has 0 bridgehead atoms. The van der Waals surface area contributed by atoms with Crippen molar-refractivity contribution >= 4 is 88.7 Å². The Morgan fingerprint density at radius 2 is 0.941 bits per heavy atom. The summed E-state index contributed by atoms with van der Waals surface area (Å²) in [6.45, 7) is 6.00. The molecule has 0 spiro atoms.